The molecule has 0 spiro atoms. The molecule has 39 heavy (non-hydrogen) atoms. The third kappa shape index (κ3) is 6.00. The van der Waals surface area contributed by atoms with Crippen molar-refractivity contribution in [1.82, 2.24) is 34.0 Å². The summed E-state index contributed by atoms with van der Waals surface area (Å²) in [5.74, 6) is -1.56. The number of rotatable bonds is 10. The molecule has 0 fully saturated rings. The average Bonchev–Trinajstić information content (AvgIpc) is 3.54. The number of hydrogen-bond acceptors (Lipinski definition) is 6. The second-order valence-corrected chi connectivity index (χ2v) is 9.51. The zero-order valence-electron chi connectivity index (χ0n) is 21.2. The number of aliphatic hydroxyl groups is 1. The molecule has 0 aliphatic rings. The van der Waals surface area contributed by atoms with E-state index in [4.69, 9.17) is 0 Å². The van der Waals surface area contributed by atoms with Crippen molar-refractivity contribution < 1.29 is 13.9 Å². The highest BCUT2D eigenvalue weighted by Crippen LogP contribution is 2.28. The lowest BCUT2D eigenvalue weighted by molar-refractivity contribution is -0.0175. The monoisotopic (exact) mass is 531 g/mol. The molecule has 0 bridgehead atoms. The lowest BCUT2D eigenvalue weighted by Crippen LogP contribution is -2.43. The van der Waals surface area contributed by atoms with E-state index in [1.165, 1.54) is 39.0 Å². The van der Waals surface area contributed by atoms with E-state index in [1.807, 2.05) is 59.5 Å². The Labute approximate surface area is 223 Å². The molecule has 2 aromatic heterocycles. The Balaban J connectivity index is 1.30. The normalized spacial score (nSPS) is 13.1. The van der Waals surface area contributed by atoms with E-state index in [2.05, 4.69) is 15.2 Å². The molecule has 9 nitrogen and oxygen atoms in total. The SMILES string of the molecule is CN(Cc1ccc(-n2cnn(Cc3ccccc3)c2=O)cc1)CC(O)(Cn1cncn1)c1ccc(F)cc1F. The van der Waals surface area contributed by atoms with Gasteiger partial charge in [0.25, 0.3) is 0 Å². The van der Waals surface area contributed by atoms with Crippen molar-refractivity contribution in [3.63, 3.8) is 0 Å². The predicted molar refractivity (Wildman–Crippen MR) is 140 cm³/mol. The van der Waals surface area contributed by atoms with Crippen molar-refractivity contribution in [3.8, 4) is 5.69 Å². The van der Waals surface area contributed by atoms with Crippen molar-refractivity contribution in [1.29, 1.82) is 0 Å². The van der Waals surface area contributed by atoms with Gasteiger partial charge in [-0.1, -0.05) is 48.5 Å². The lowest BCUT2D eigenvalue weighted by atomic mass is 9.92. The van der Waals surface area contributed by atoms with Gasteiger partial charge in [-0.2, -0.15) is 10.2 Å². The third-order valence-electron chi connectivity index (χ3n) is 6.43. The van der Waals surface area contributed by atoms with Gasteiger partial charge in [0.2, 0.25) is 0 Å². The van der Waals surface area contributed by atoms with Gasteiger partial charge < -0.3 is 5.11 Å². The van der Waals surface area contributed by atoms with Crippen LogP contribution in [-0.2, 0) is 25.2 Å². The van der Waals surface area contributed by atoms with Gasteiger partial charge >= 0.3 is 5.69 Å². The van der Waals surface area contributed by atoms with E-state index in [0.29, 0.717) is 18.8 Å². The van der Waals surface area contributed by atoms with Crippen LogP contribution < -0.4 is 5.69 Å². The summed E-state index contributed by atoms with van der Waals surface area (Å²) in [6.45, 7) is 0.754. The van der Waals surface area contributed by atoms with E-state index in [-0.39, 0.29) is 24.3 Å². The minimum atomic E-state index is -1.71. The molecule has 1 N–H and O–H groups in total. The van der Waals surface area contributed by atoms with Crippen LogP contribution in [0.25, 0.3) is 5.69 Å². The molecule has 0 aliphatic heterocycles. The molecule has 2 heterocycles. The van der Waals surface area contributed by atoms with Crippen molar-refractivity contribution in [2.45, 2.75) is 25.2 Å². The molecule has 5 rings (SSSR count). The molecule has 11 heteroatoms. The van der Waals surface area contributed by atoms with Crippen LogP contribution in [0.2, 0.25) is 0 Å². The Morgan fingerprint density at radius 2 is 1.72 bits per heavy atom. The maximum atomic E-state index is 14.7. The van der Waals surface area contributed by atoms with Gasteiger partial charge in [-0.3, -0.25) is 4.90 Å². The maximum Gasteiger partial charge on any atom is 0.350 e. The average molecular weight is 532 g/mol. The largest absolute Gasteiger partial charge is 0.382 e. The maximum absolute atomic E-state index is 14.7. The Morgan fingerprint density at radius 3 is 2.41 bits per heavy atom. The summed E-state index contributed by atoms with van der Waals surface area (Å²) in [4.78, 5) is 18.6. The molecular weight excluding hydrogens is 504 g/mol. The third-order valence-corrected chi connectivity index (χ3v) is 6.43. The van der Waals surface area contributed by atoms with Crippen LogP contribution in [0.5, 0.6) is 0 Å². The van der Waals surface area contributed by atoms with Gasteiger partial charge in [0.05, 0.1) is 18.8 Å². The Kier molecular flexibility index (Phi) is 7.44. The summed E-state index contributed by atoms with van der Waals surface area (Å²) < 4.78 is 32.6. The first-order chi connectivity index (χ1) is 18.8. The summed E-state index contributed by atoms with van der Waals surface area (Å²) in [7, 11) is 1.79. The molecular formula is C28H27F2N7O2. The van der Waals surface area contributed by atoms with Crippen molar-refractivity contribution in [2.24, 2.45) is 0 Å². The summed E-state index contributed by atoms with van der Waals surface area (Å²) in [6.07, 6.45) is 4.24. The van der Waals surface area contributed by atoms with E-state index in [0.717, 1.165) is 23.3 Å². The van der Waals surface area contributed by atoms with Crippen LogP contribution in [0.1, 0.15) is 16.7 Å². The van der Waals surface area contributed by atoms with Crippen LogP contribution in [0.15, 0.2) is 96.6 Å². The van der Waals surface area contributed by atoms with Gasteiger partial charge in [0.15, 0.2) is 0 Å². The summed E-state index contributed by atoms with van der Waals surface area (Å²) in [5, 5.41) is 19.8. The fourth-order valence-corrected chi connectivity index (χ4v) is 4.62. The van der Waals surface area contributed by atoms with Gasteiger partial charge in [-0.05, 0) is 36.4 Å². The van der Waals surface area contributed by atoms with Crippen molar-refractivity contribution >= 4 is 0 Å². The smallest absolute Gasteiger partial charge is 0.350 e. The highest BCUT2D eigenvalue weighted by molar-refractivity contribution is 5.34. The van der Waals surface area contributed by atoms with Crippen LogP contribution in [0, 0.1) is 11.6 Å². The first-order valence-electron chi connectivity index (χ1n) is 12.3. The number of nitrogens with zero attached hydrogens (tertiary/aromatic N) is 7. The molecule has 1 unspecified atom stereocenters. The molecule has 5 aromatic rings. The van der Waals surface area contributed by atoms with Gasteiger partial charge in [0, 0.05) is 24.7 Å². The van der Waals surface area contributed by atoms with Crippen molar-refractivity contribution in [3.05, 3.63) is 131 Å². The second kappa shape index (κ2) is 11.1. The Morgan fingerprint density at radius 1 is 0.949 bits per heavy atom. The van der Waals surface area contributed by atoms with Crippen LogP contribution >= 0.6 is 0 Å². The number of benzene rings is 3. The Hall–Kier alpha value is -4.48. The minimum absolute atomic E-state index is 0.0306. The zero-order chi connectivity index (χ0) is 27.4. The fraction of sp³-hybridized carbons (Fsp3) is 0.214. The highest BCUT2D eigenvalue weighted by Gasteiger charge is 2.35. The summed E-state index contributed by atoms with van der Waals surface area (Å²) in [5.41, 5.74) is 0.570. The van der Waals surface area contributed by atoms with Gasteiger partial charge in [-0.25, -0.2) is 32.5 Å². The first kappa shape index (κ1) is 26.1. The van der Waals surface area contributed by atoms with Crippen LogP contribution in [0.4, 0.5) is 8.78 Å². The molecule has 0 amide bonds. The molecule has 0 aliphatic carbocycles. The quantitative estimate of drug-likeness (QED) is 0.298. The number of hydrogen-bond donors (Lipinski definition) is 1. The molecule has 200 valence electrons. The van der Waals surface area contributed by atoms with E-state index in [1.54, 1.807) is 7.05 Å². The minimum Gasteiger partial charge on any atom is -0.382 e. The molecule has 0 radical (unpaired) electrons. The summed E-state index contributed by atoms with van der Waals surface area (Å²) in [6, 6.07) is 20.1. The second-order valence-electron chi connectivity index (χ2n) is 9.51. The van der Waals surface area contributed by atoms with E-state index in [9.17, 15) is 18.7 Å². The lowest BCUT2D eigenvalue weighted by Gasteiger charge is -2.33. The molecule has 1 atom stereocenters. The fourth-order valence-electron chi connectivity index (χ4n) is 4.62. The number of aromatic nitrogens is 6. The van der Waals surface area contributed by atoms with E-state index < -0.39 is 17.2 Å². The molecule has 3 aromatic carbocycles. The first-order valence-corrected chi connectivity index (χ1v) is 12.3. The zero-order valence-corrected chi connectivity index (χ0v) is 21.2. The topological polar surface area (TPSA) is 94.0 Å². The predicted octanol–water partition coefficient (Wildman–Crippen LogP) is 2.97. The highest BCUT2D eigenvalue weighted by atomic mass is 19.1. The Bertz CT molecular complexity index is 1580. The van der Waals surface area contributed by atoms with Crippen molar-refractivity contribution in [2.75, 3.05) is 13.6 Å². The standard InChI is InChI=1S/C28H27F2N7O2/c1-34(16-28(39,17-35-19-31-18-32-35)25-12-9-23(29)13-26(25)30)14-22-7-10-24(11-8-22)36-20-33-37(27(36)38)15-21-5-3-2-4-6-21/h2-13,18-20,39H,14-17H2,1H3. The van der Waals surface area contributed by atoms with Gasteiger partial charge in [-0.15, -0.1) is 0 Å². The number of halogens is 2. The molecule has 0 saturated heterocycles. The summed E-state index contributed by atoms with van der Waals surface area (Å²) >= 11 is 0. The van der Waals surface area contributed by atoms with Crippen LogP contribution in [-0.4, -0.2) is 52.7 Å². The molecule has 0 saturated carbocycles. The van der Waals surface area contributed by atoms with Crippen LogP contribution in [0.3, 0.4) is 0 Å². The van der Waals surface area contributed by atoms with E-state index >= 15 is 0 Å². The number of likely N-dealkylation sites (N-methyl/N-ethyl adjacent to an activating group) is 1. The van der Waals surface area contributed by atoms with Gasteiger partial charge in [0.1, 0.15) is 36.2 Å².